The van der Waals surface area contributed by atoms with E-state index < -0.39 is 0 Å². The molecular weight excluding hydrogens is 508 g/mol. The summed E-state index contributed by atoms with van der Waals surface area (Å²) in [5.41, 5.74) is 2.79. The van der Waals surface area contributed by atoms with Crippen LogP contribution in [0.2, 0.25) is 0 Å². The van der Waals surface area contributed by atoms with E-state index in [0.717, 1.165) is 16.9 Å². The van der Waals surface area contributed by atoms with Crippen LogP contribution in [0.3, 0.4) is 0 Å². The molecule has 166 valence electrons. The Kier molecular flexibility index (Phi) is 5.72. The van der Waals surface area contributed by atoms with Gasteiger partial charge < -0.3 is 14.6 Å². The number of rotatable bonds is 4. The molecule has 1 saturated heterocycles. The minimum Gasteiger partial charge on any atom is -0.459 e. The van der Waals surface area contributed by atoms with Gasteiger partial charge in [0.2, 0.25) is 0 Å². The second kappa shape index (κ2) is 8.68. The van der Waals surface area contributed by atoms with E-state index in [0.29, 0.717) is 26.7 Å². The lowest BCUT2D eigenvalue weighted by molar-refractivity contribution is 0.439. The number of pyridine rings is 1. The van der Waals surface area contributed by atoms with E-state index in [-0.39, 0.29) is 23.7 Å². The summed E-state index contributed by atoms with van der Waals surface area (Å²) in [5, 5.41) is 3.84. The van der Waals surface area contributed by atoms with E-state index in [4.69, 9.17) is 16.6 Å². The predicted octanol–water partition coefficient (Wildman–Crippen LogP) is 6.87. The highest BCUT2D eigenvalue weighted by atomic mass is 79.9. The van der Waals surface area contributed by atoms with Crippen molar-refractivity contribution in [3.8, 4) is 11.3 Å². The molecule has 1 aliphatic heterocycles. The second-order valence-electron chi connectivity index (χ2n) is 7.76. The van der Waals surface area contributed by atoms with Gasteiger partial charge in [0.05, 0.1) is 11.7 Å². The van der Waals surface area contributed by atoms with Gasteiger partial charge >= 0.3 is 0 Å². The number of furan rings is 1. The van der Waals surface area contributed by atoms with Crippen molar-refractivity contribution in [3.05, 3.63) is 106 Å². The number of nitrogens with one attached hydrogen (secondary N) is 1. The third-order valence-corrected chi connectivity index (χ3v) is 6.60. The predicted molar refractivity (Wildman–Crippen MR) is 131 cm³/mol. The van der Waals surface area contributed by atoms with Crippen molar-refractivity contribution in [2.75, 3.05) is 4.90 Å². The normalized spacial score (nSPS) is 17.9. The zero-order valence-electron chi connectivity index (χ0n) is 17.4. The molecule has 2 aromatic heterocycles. The lowest BCUT2D eigenvalue weighted by atomic mass is 10.0. The lowest BCUT2D eigenvalue weighted by Crippen LogP contribution is -2.29. The van der Waals surface area contributed by atoms with Crippen LogP contribution in [-0.4, -0.2) is 10.1 Å². The molecule has 3 heterocycles. The molecule has 0 saturated carbocycles. The van der Waals surface area contributed by atoms with E-state index in [2.05, 4.69) is 26.2 Å². The van der Waals surface area contributed by atoms with Gasteiger partial charge in [-0.3, -0.25) is 4.98 Å². The first-order chi connectivity index (χ1) is 15.9. The third-order valence-electron chi connectivity index (χ3n) is 5.63. The maximum absolute atomic E-state index is 14.0. The van der Waals surface area contributed by atoms with Gasteiger partial charge in [-0.25, -0.2) is 8.78 Å². The fourth-order valence-corrected chi connectivity index (χ4v) is 4.94. The minimum atomic E-state index is -0.370. The smallest absolute Gasteiger partial charge is 0.174 e. The number of nitrogens with zero attached hydrogens (tertiary/aromatic N) is 2. The van der Waals surface area contributed by atoms with Crippen molar-refractivity contribution >= 4 is 38.9 Å². The number of hydrogen-bond acceptors (Lipinski definition) is 3. The molecule has 8 heteroatoms. The summed E-state index contributed by atoms with van der Waals surface area (Å²) in [6.45, 7) is 1.72. The maximum atomic E-state index is 14.0. The molecule has 4 nitrogen and oxygen atoms in total. The molecule has 0 aliphatic carbocycles. The molecule has 0 radical (unpaired) electrons. The van der Waals surface area contributed by atoms with Crippen molar-refractivity contribution < 1.29 is 13.2 Å². The number of aromatic nitrogens is 1. The fraction of sp³-hybridized carbons (Fsp3) is 0.120. The van der Waals surface area contributed by atoms with Crippen molar-refractivity contribution in [2.24, 2.45) is 0 Å². The summed E-state index contributed by atoms with van der Waals surface area (Å²) >= 11 is 9.10. The molecule has 5 rings (SSSR count). The van der Waals surface area contributed by atoms with Gasteiger partial charge in [0.15, 0.2) is 5.11 Å². The Morgan fingerprint density at radius 2 is 1.91 bits per heavy atom. The SMILES string of the molecule is Cc1cc(N2C(=S)N[C@@H](c3ccccn3)[C@@H]2c2ccc(-c3ccc(F)cc3Br)o2)ccc1F. The first-order valence-electron chi connectivity index (χ1n) is 10.2. The van der Waals surface area contributed by atoms with Crippen molar-refractivity contribution in [1.82, 2.24) is 10.3 Å². The first-order valence-corrected chi connectivity index (χ1v) is 11.4. The molecular formula is C25H18BrF2N3OS. The van der Waals surface area contributed by atoms with Crippen LogP contribution in [0.1, 0.15) is 29.1 Å². The van der Waals surface area contributed by atoms with Gasteiger partial charge in [-0.2, -0.15) is 0 Å². The standard InChI is InChI=1S/C25H18BrF2N3OS/c1-14-12-16(6-8-19(14)28)31-24(23(30-25(31)33)20-4-2-3-11-29-20)22-10-9-21(32-22)17-7-5-15(27)13-18(17)26/h2-13,23-24H,1H3,(H,30,33)/t23-,24-/m0/s1. The average Bonchev–Trinajstić information content (AvgIpc) is 3.41. The topological polar surface area (TPSA) is 41.3 Å². The molecule has 2 atom stereocenters. The number of anilines is 1. The van der Waals surface area contributed by atoms with Crippen LogP contribution in [0, 0.1) is 18.6 Å². The molecule has 0 bridgehead atoms. The highest BCUT2D eigenvalue weighted by molar-refractivity contribution is 9.10. The Morgan fingerprint density at radius 3 is 2.64 bits per heavy atom. The van der Waals surface area contributed by atoms with Crippen molar-refractivity contribution in [3.63, 3.8) is 0 Å². The Morgan fingerprint density at radius 1 is 1.06 bits per heavy atom. The fourth-order valence-electron chi connectivity index (χ4n) is 4.05. The monoisotopic (exact) mass is 525 g/mol. The van der Waals surface area contributed by atoms with Gasteiger partial charge in [0.1, 0.15) is 29.2 Å². The molecule has 0 spiro atoms. The summed E-state index contributed by atoms with van der Waals surface area (Å²) < 4.78 is 34.4. The van der Waals surface area contributed by atoms with Crippen LogP contribution < -0.4 is 10.2 Å². The Balaban J connectivity index is 1.61. The van der Waals surface area contributed by atoms with Crippen LogP contribution in [0.25, 0.3) is 11.3 Å². The highest BCUT2D eigenvalue weighted by Gasteiger charge is 2.42. The van der Waals surface area contributed by atoms with Crippen LogP contribution in [0.4, 0.5) is 14.5 Å². The number of aryl methyl sites for hydroxylation is 1. The summed E-state index contributed by atoms with van der Waals surface area (Å²) in [6.07, 6.45) is 1.73. The van der Waals surface area contributed by atoms with Crippen LogP contribution in [0.15, 0.2) is 81.8 Å². The number of thiocarbonyl (C=S) groups is 1. The quantitative estimate of drug-likeness (QED) is 0.294. The molecule has 2 aromatic carbocycles. The molecule has 0 amide bonds. The van der Waals surface area contributed by atoms with E-state index in [1.807, 2.05) is 35.2 Å². The van der Waals surface area contributed by atoms with Gasteiger partial charge in [-0.05, 0) is 101 Å². The van der Waals surface area contributed by atoms with Gasteiger partial charge in [0.25, 0.3) is 0 Å². The second-order valence-corrected chi connectivity index (χ2v) is 9.00. The number of hydrogen-bond donors (Lipinski definition) is 1. The Hall–Kier alpha value is -3.10. The summed E-state index contributed by atoms with van der Waals surface area (Å²) in [4.78, 5) is 6.44. The molecule has 33 heavy (non-hydrogen) atoms. The van der Waals surface area contributed by atoms with Gasteiger partial charge in [0, 0.05) is 21.9 Å². The Bertz CT molecular complexity index is 1340. The summed E-state index contributed by atoms with van der Waals surface area (Å²) in [5.74, 6) is 0.614. The molecule has 0 unspecified atom stereocenters. The minimum absolute atomic E-state index is 0.281. The highest BCUT2D eigenvalue weighted by Crippen LogP contribution is 2.43. The van der Waals surface area contributed by atoms with Crippen molar-refractivity contribution in [2.45, 2.75) is 19.0 Å². The van der Waals surface area contributed by atoms with Gasteiger partial charge in [-0.1, -0.05) is 6.07 Å². The summed E-state index contributed by atoms with van der Waals surface area (Å²) in [6, 6.07) is 18.1. The summed E-state index contributed by atoms with van der Waals surface area (Å²) in [7, 11) is 0. The average molecular weight is 526 g/mol. The van der Waals surface area contributed by atoms with E-state index in [9.17, 15) is 8.78 Å². The van der Waals surface area contributed by atoms with Crippen LogP contribution >= 0.6 is 28.1 Å². The molecule has 1 N–H and O–H groups in total. The molecule has 4 aromatic rings. The largest absolute Gasteiger partial charge is 0.459 e. The number of halogens is 3. The molecule has 1 fully saturated rings. The zero-order chi connectivity index (χ0) is 23.1. The van der Waals surface area contributed by atoms with Crippen LogP contribution in [-0.2, 0) is 0 Å². The first kappa shape index (κ1) is 21.7. The van der Waals surface area contributed by atoms with Crippen molar-refractivity contribution in [1.29, 1.82) is 0 Å². The lowest BCUT2D eigenvalue weighted by Gasteiger charge is -2.26. The van der Waals surface area contributed by atoms with E-state index >= 15 is 0 Å². The van der Waals surface area contributed by atoms with Crippen LogP contribution in [0.5, 0.6) is 0 Å². The Labute approximate surface area is 203 Å². The van der Waals surface area contributed by atoms with E-state index in [1.165, 1.54) is 18.2 Å². The zero-order valence-corrected chi connectivity index (χ0v) is 19.8. The maximum Gasteiger partial charge on any atom is 0.174 e. The third kappa shape index (κ3) is 4.05. The number of benzene rings is 2. The van der Waals surface area contributed by atoms with Gasteiger partial charge in [-0.15, -0.1) is 0 Å². The van der Waals surface area contributed by atoms with E-state index in [1.54, 1.807) is 31.3 Å². The molecule has 1 aliphatic rings.